The van der Waals surface area contributed by atoms with Crippen LogP contribution in [-0.4, -0.2) is 39.0 Å². The standard InChI is InChI=1S/C22H29NO3/c1-15(21(25-5)20-14-23-20)26-19-12-8-17(9-13-19)22(2,3)16-6-10-18(24-4)11-7-16/h6-13,15,20-21,23H,14H2,1-5H3. The molecule has 1 saturated heterocycles. The van der Waals surface area contributed by atoms with Crippen molar-refractivity contribution in [2.75, 3.05) is 20.8 Å². The largest absolute Gasteiger partial charge is 0.497 e. The number of ether oxygens (including phenoxy) is 3. The van der Waals surface area contributed by atoms with Crippen LogP contribution in [0.25, 0.3) is 0 Å². The monoisotopic (exact) mass is 355 g/mol. The van der Waals surface area contributed by atoms with Crippen LogP contribution in [0.3, 0.4) is 0 Å². The molecule has 140 valence electrons. The Morgan fingerprint density at radius 2 is 1.42 bits per heavy atom. The Labute approximate surface area is 156 Å². The molecule has 0 aliphatic carbocycles. The molecule has 1 aliphatic rings. The zero-order chi connectivity index (χ0) is 18.7. The summed E-state index contributed by atoms with van der Waals surface area (Å²) in [5.74, 6) is 1.75. The Morgan fingerprint density at radius 3 is 1.85 bits per heavy atom. The third-order valence-electron chi connectivity index (χ3n) is 5.28. The summed E-state index contributed by atoms with van der Waals surface area (Å²) in [7, 11) is 3.43. The molecule has 4 heteroatoms. The van der Waals surface area contributed by atoms with Crippen LogP contribution in [0.1, 0.15) is 31.9 Å². The van der Waals surface area contributed by atoms with Crippen molar-refractivity contribution in [1.82, 2.24) is 5.32 Å². The Hall–Kier alpha value is -2.04. The molecule has 0 aromatic heterocycles. The van der Waals surface area contributed by atoms with E-state index in [4.69, 9.17) is 14.2 Å². The van der Waals surface area contributed by atoms with Crippen molar-refractivity contribution in [2.45, 2.75) is 44.4 Å². The number of rotatable bonds is 8. The first-order valence-corrected chi connectivity index (χ1v) is 9.13. The maximum atomic E-state index is 6.09. The predicted octanol–water partition coefficient (Wildman–Crippen LogP) is 3.78. The molecule has 0 amide bonds. The van der Waals surface area contributed by atoms with Crippen molar-refractivity contribution in [3.8, 4) is 11.5 Å². The SMILES string of the molecule is COc1ccc(C(C)(C)c2ccc(OC(C)C(OC)C3CN3)cc2)cc1. The first kappa shape index (κ1) is 18.7. The third-order valence-corrected chi connectivity index (χ3v) is 5.28. The van der Waals surface area contributed by atoms with E-state index in [1.807, 2.05) is 24.3 Å². The van der Waals surface area contributed by atoms with Crippen LogP contribution in [0.2, 0.25) is 0 Å². The maximum Gasteiger partial charge on any atom is 0.124 e. The van der Waals surface area contributed by atoms with Crippen molar-refractivity contribution in [3.63, 3.8) is 0 Å². The predicted molar refractivity (Wildman–Crippen MR) is 104 cm³/mol. The number of benzene rings is 2. The number of methoxy groups -OCH3 is 2. The van der Waals surface area contributed by atoms with Gasteiger partial charge < -0.3 is 19.5 Å². The minimum absolute atomic E-state index is 0.000415. The highest BCUT2D eigenvalue weighted by Gasteiger charge is 2.35. The Morgan fingerprint density at radius 1 is 0.923 bits per heavy atom. The van der Waals surface area contributed by atoms with Gasteiger partial charge >= 0.3 is 0 Å². The molecule has 1 N–H and O–H groups in total. The van der Waals surface area contributed by atoms with E-state index >= 15 is 0 Å². The molecule has 3 rings (SSSR count). The summed E-state index contributed by atoms with van der Waals surface area (Å²) in [6.07, 6.45) is 0.0749. The minimum atomic E-state index is -0.0938. The summed E-state index contributed by atoms with van der Waals surface area (Å²) in [4.78, 5) is 0. The van der Waals surface area contributed by atoms with Gasteiger partial charge in [0.2, 0.25) is 0 Å². The highest BCUT2D eigenvalue weighted by atomic mass is 16.5. The normalized spacial score (nSPS) is 18.9. The number of hydrogen-bond donors (Lipinski definition) is 1. The van der Waals surface area contributed by atoms with E-state index < -0.39 is 0 Å². The van der Waals surface area contributed by atoms with Gasteiger partial charge in [0.05, 0.1) is 7.11 Å². The van der Waals surface area contributed by atoms with E-state index in [1.54, 1.807) is 14.2 Å². The van der Waals surface area contributed by atoms with E-state index in [0.717, 1.165) is 18.0 Å². The van der Waals surface area contributed by atoms with E-state index in [2.05, 4.69) is 50.4 Å². The lowest BCUT2D eigenvalue weighted by molar-refractivity contribution is 0.0106. The molecule has 2 aromatic rings. The second-order valence-electron chi connectivity index (χ2n) is 7.42. The molecule has 2 aromatic carbocycles. The fourth-order valence-electron chi connectivity index (χ4n) is 3.39. The molecule has 1 fully saturated rings. The summed E-state index contributed by atoms with van der Waals surface area (Å²) < 4.78 is 16.9. The van der Waals surface area contributed by atoms with Gasteiger partial charge in [0.25, 0.3) is 0 Å². The van der Waals surface area contributed by atoms with Crippen molar-refractivity contribution in [2.24, 2.45) is 0 Å². The van der Waals surface area contributed by atoms with Crippen LogP contribution < -0.4 is 14.8 Å². The van der Waals surface area contributed by atoms with Gasteiger partial charge in [0.15, 0.2) is 0 Å². The fourth-order valence-corrected chi connectivity index (χ4v) is 3.39. The summed E-state index contributed by atoms with van der Waals surface area (Å²) in [6.45, 7) is 7.52. The van der Waals surface area contributed by atoms with Gasteiger partial charge in [-0.15, -0.1) is 0 Å². The van der Waals surface area contributed by atoms with Crippen molar-refractivity contribution in [1.29, 1.82) is 0 Å². The van der Waals surface area contributed by atoms with Crippen LogP contribution in [0.5, 0.6) is 11.5 Å². The molecule has 4 nitrogen and oxygen atoms in total. The average Bonchev–Trinajstić information content (AvgIpc) is 3.48. The van der Waals surface area contributed by atoms with Gasteiger partial charge in [-0.3, -0.25) is 0 Å². The molecule has 0 bridgehead atoms. The summed E-state index contributed by atoms with van der Waals surface area (Å²) in [5, 5.41) is 3.29. The molecule has 26 heavy (non-hydrogen) atoms. The molecule has 1 heterocycles. The second-order valence-corrected chi connectivity index (χ2v) is 7.42. The Balaban J connectivity index is 1.71. The van der Waals surface area contributed by atoms with Gasteiger partial charge in [-0.05, 0) is 42.3 Å². The third kappa shape index (κ3) is 4.02. The van der Waals surface area contributed by atoms with Gasteiger partial charge in [0.1, 0.15) is 23.7 Å². The van der Waals surface area contributed by atoms with Crippen LogP contribution in [0, 0.1) is 0 Å². The minimum Gasteiger partial charge on any atom is -0.497 e. The zero-order valence-electron chi connectivity index (χ0n) is 16.3. The Kier molecular flexibility index (Phi) is 5.54. The van der Waals surface area contributed by atoms with Crippen LogP contribution in [0.4, 0.5) is 0 Å². The van der Waals surface area contributed by atoms with E-state index in [9.17, 15) is 0 Å². The molecular formula is C22H29NO3. The lowest BCUT2D eigenvalue weighted by Crippen LogP contribution is -2.36. The summed E-state index contributed by atoms with van der Waals surface area (Å²) in [5.41, 5.74) is 2.40. The van der Waals surface area contributed by atoms with E-state index in [1.165, 1.54) is 11.1 Å². The van der Waals surface area contributed by atoms with Crippen molar-refractivity contribution in [3.05, 3.63) is 59.7 Å². The topological polar surface area (TPSA) is 49.6 Å². The lowest BCUT2D eigenvalue weighted by atomic mass is 9.78. The van der Waals surface area contributed by atoms with Gasteiger partial charge in [-0.25, -0.2) is 0 Å². The van der Waals surface area contributed by atoms with Crippen LogP contribution >= 0.6 is 0 Å². The molecule has 0 saturated carbocycles. The molecule has 1 aliphatic heterocycles. The quantitative estimate of drug-likeness (QED) is 0.732. The average molecular weight is 355 g/mol. The summed E-state index contributed by atoms with van der Waals surface area (Å²) >= 11 is 0. The number of hydrogen-bond acceptors (Lipinski definition) is 4. The highest BCUT2D eigenvalue weighted by molar-refractivity contribution is 5.41. The van der Waals surface area contributed by atoms with Gasteiger partial charge in [0, 0.05) is 25.1 Å². The Bertz CT molecular complexity index is 705. The first-order chi connectivity index (χ1) is 12.5. The van der Waals surface area contributed by atoms with Crippen molar-refractivity contribution >= 4 is 0 Å². The fraction of sp³-hybridized carbons (Fsp3) is 0.455. The molecule has 0 spiro atoms. The maximum absolute atomic E-state index is 6.09. The molecule has 0 radical (unpaired) electrons. The van der Waals surface area contributed by atoms with Gasteiger partial charge in [-0.1, -0.05) is 38.1 Å². The second kappa shape index (κ2) is 7.68. The number of nitrogens with one attached hydrogen (secondary N) is 1. The molecule has 3 atom stereocenters. The van der Waals surface area contributed by atoms with Crippen molar-refractivity contribution < 1.29 is 14.2 Å². The summed E-state index contributed by atoms with van der Waals surface area (Å²) in [6, 6.07) is 17.0. The highest BCUT2D eigenvalue weighted by Crippen LogP contribution is 2.33. The lowest BCUT2D eigenvalue weighted by Gasteiger charge is -2.27. The molecule has 3 unspecified atom stereocenters. The van der Waals surface area contributed by atoms with Crippen LogP contribution in [-0.2, 0) is 10.2 Å². The molecular weight excluding hydrogens is 326 g/mol. The smallest absolute Gasteiger partial charge is 0.124 e. The van der Waals surface area contributed by atoms with Gasteiger partial charge in [-0.2, -0.15) is 0 Å². The van der Waals surface area contributed by atoms with E-state index in [0.29, 0.717) is 6.04 Å². The zero-order valence-corrected chi connectivity index (χ0v) is 16.3. The van der Waals surface area contributed by atoms with Crippen LogP contribution in [0.15, 0.2) is 48.5 Å². The van der Waals surface area contributed by atoms with E-state index in [-0.39, 0.29) is 17.6 Å². The first-order valence-electron chi connectivity index (χ1n) is 9.13.